The van der Waals surface area contributed by atoms with E-state index in [-0.39, 0.29) is 31.7 Å². The summed E-state index contributed by atoms with van der Waals surface area (Å²) in [5.74, 6) is 2.07. The zero-order chi connectivity index (χ0) is 27.5. The molecule has 1 saturated heterocycles. The molecule has 0 unspecified atom stereocenters. The fourth-order valence-electron chi connectivity index (χ4n) is 4.82. The largest absolute Gasteiger partial charge is 0.467 e. The molecule has 0 N–H and O–H groups in total. The van der Waals surface area contributed by atoms with Crippen LogP contribution < -0.4 is 14.4 Å². The summed E-state index contributed by atoms with van der Waals surface area (Å²) in [4.78, 5) is 32.2. The second-order valence-corrected chi connectivity index (χ2v) is 9.82. The van der Waals surface area contributed by atoms with E-state index in [0.29, 0.717) is 49.0 Å². The van der Waals surface area contributed by atoms with Gasteiger partial charge in [0.25, 0.3) is 5.91 Å². The van der Waals surface area contributed by atoms with Crippen LogP contribution in [0.1, 0.15) is 21.7 Å². The molecule has 4 heterocycles. The Morgan fingerprint density at radius 2 is 1.70 bits per heavy atom. The molecule has 0 radical (unpaired) electrons. The Kier molecular flexibility index (Phi) is 7.05. The maximum absolute atomic E-state index is 13.5. The first-order valence-electron chi connectivity index (χ1n) is 13.2. The smallest absolute Gasteiger partial charge is 0.254 e. The van der Waals surface area contributed by atoms with Crippen molar-refractivity contribution < 1.29 is 23.5 Å². The first-order chi connectivity index (χ1) is 19.5. The van der Waals surface area contributed by atoms with Gasteiger partial charge in [0.05, 0.1) is 18.5 Å². The Bertz CT molecular complexity index is 1480. The molecule has 2 aromatic heterocycles. The number of piperazine rings is 1. The van der Waals surface area contributed by atoms with Crippen LogP contribution in [0.3, 0.4) is 0 Å². The van der Waals surface area contributed by atoms with Gasteiger partial charge in [-0.25, -0.2) is 0 Å². The van der Waals surface area contributed by atoms with Gasteiger partial charge in [0, 0.05) is 37.3 Å². The molecule has 2 aromatic carbocycles. The van der Waals surface area contributed by atoms with E-state index >= 15 is 0 Å². The highest BCUT2D eigenvalue weighted by Gasteiger charge is 2.27. The molecular weight excluding hydrogens is 510 g/mol. The molecule has 0 bridgehead atoms. The third kappa shape index (κ3) is 5.47. The van der Waals surface area contributed by atoms with E-state index in [2.05, 4.69) is 34.2 Å². The van der Waals surface area contributed by atoms with Crippen LogP contribution >= 0.6 is 0 Å². The molecular formula is C30H29N5O5. The van der Waals surface area contributed by atoms with Crippen molar-refractivity contribution in [1.82, 2.24) is 20.0 Å². The van der Waals surface area contributed by atoms with E-state index in [0.717, 1.165) is 17.1 Å². The Labute approximate surface area is 231 Å². The van der Waals surface area contributed by atoms with Gasteiger partial charge in [-0.3, -0.25) is 9.59 Å². The van der Waals surface area contributed by atoms with Crippen LogP contribution in [-0.4, -0.2) is 71.3 Å². The SMILES string of the molecule is Cc1ccc(-c2ccc(N3CCN(C(=O)CN(Cc4ccco4)C(=O)c4ccc5c(c4)OCO5)CC3)nn2)cc1. The number of rotatable bonds is 7. The molecule has 0 spiro atoms. The minimum absolute atomic E-state index is 0.0704. The van der Waals surface area contributed by atoms with Crippen LogP contribution in [0.25, 0.3) is 11.3 Å². The lowest BCUT2D eigenvalue weighted by molar-refractivity contribution is -0.132. The molecule has 0 atom stereocenters. The van der Waals surface area contributed by atoms with E-state index in [4.69, 9.17) is 13.9 Å². The van der Waals surface area contributed by atoms with Gasteiger partial charge in [-0.2, -0.15) is 0 Å². The predicted octanol–water partition coefficient (Wildman–Crippen LogP) is 3.76. The summed E-state index contributed by atoms with van der Waals surface area (Å²) < 4.78 is 16.3. The average Bonchev–Trinajstić information content (AvgIpc) is 3.69. The lowest BCUT2D eigenvalue weighted by atomic mass is 10.1. The zero-order valence-electron chi connectivity index (χ0n) is 22.2. The number of amides is 2. The molecule has 10 heteroatoms. The van der Waals surface area contributed by atoms with Crippen molar-refractivity contribution in [3.8, 4) is 22.8 Å². The van der Waals surface area contributed by atoms with Crippen molar-refractivity contribution in [2.24, 2.45) is 0 Å². The second kappa shape index (κ2) is 11.1. The molecule has 204 valence electrons. The lowest BCUT2D eigenvalue weighted by Gasteiger charge is -2.36. The summed E-state index contributed by atoms with van der Waals surface area (Å²) in [5.41, 5.74) is 3.46. The number of carbonyl (C=O) groups excluding carboxylic acids is 2. The molecule has 0 saturated carbocycles. The molecule has 1 fully saturated rings. The number of aromatic nitrogens is 2. The molecule has 2 aliphatic rings. The molecule has 2 aliphatic heterocycles. The fourth-order valence-corrected chi connectivity index (χ4v) is 4.82. The number of carbonyl (C=O) groups is 2. The minimum atomic E-state index is -0.286. The highest BCUT2D eigenvalue weighted by molar-refractivity contribution is 5.97. The molecule has 4 aromatic rings. The Hall–Kier alpha value is -4.86. The maximum Gasteiger partial charge on any atom is 0.254 e. The van der Waals surface area contributed by atoms with Crippen molar-refractivity contribution in [3.63, 3.8) is 0 Å². The van der Waals surface area contributed by atoms with Gasteiger partial charge >= 0.3 is 0 Å². The topological polar surface area (TPSA) is 101 Å². The number of hydrogen-bond donors (Lipinski definition) is 0. The number of fused-ring (bicyclic) bond motifs is 1. The molecule has 2 amide bonds. The number of nitrogens with zero attached hydrogens (tertiary/aromatic N) is 5. The number of benzene rings is 2. The Balaban J connectivity index is 1.09. The number of anilines is 1. The molecule has 40 heavy (non-hydrogen) atoms. The van der Waals surface area contributed by atoms with Crippen LogP contribution in [0, 0.1) is 6.92 Å². The van der Waals surface area contributed by atoms with Crippen molar-refractivity contribution >= 4 is 17.6 Å². The third-order valence-corrected chi connectivity index (χ3v) is 7.11. The Morgan fingerprint density at radius 1 is 0.900 bits per heavy atom. The highest BCUT2D eigenvalue weighted by Crippen LogP contribution is 2.33. The third-order valence-electron chi connectivity index (χ3n) is 7.11. The van der Waals surface area contributed by atoms with Crippen LogP contribution in [0.5, 0.6) is 11.5 Å². The van der Waals surface area contributed by atoms with Crippen LogP contribution in [0.4, 0.5) is 5.82 Å². The van der Waals surface area contributed by atoms with Gasteiger partial charge in [-0.1, -0.05) is 29.8 Å². The van der Waals surface area contributed by atoms with E-state index in [1.165, 1.54) is 10.5 Å². The van der Waals surface area contributed by atoms with E-state index in [1.54, 1.807) is 41.5 Å². The summed E-state index contributed by atoms with van der Waals surface area (Å²) in [7, 11) is 0. The van der Waals surface area contributed by atoms with Crippen molar-refractivity contribution in [3.05, 3.63) is 89.9 Å². The van der Waals surface area contributed by atoms with Gasteiger partial charge in [-0.05, 0) is 49.4 Å². The van der Waals surface area contributed by atoms with Gasteiger partial charge in [0.15, 0.2) is 17.3 Å². The fraction of sp³-hybridized carbons (Fsp3) is 0.267. The quantitative estimate of drug-likeness (QED) is 0.350. The number of furan rings is 1. The predicted molar refractivity (Wildman–Crippen MR) is 147 cm³/mol. The summed E-state index contributed by atoms with van der Waals surface area (Å²) in [5, 5.41) is 8.84. The normalized spacial score (nSPS) is 14.3. The monoisotopic (exact) mass is 539 g/mol. The summed E-state index contributed by atoms with van der Waals surface area (Å²) >= 11 is 0. The molecule has 6 rings (SSSR count). The van der Waals surface area contributed by atoms with Crippen LogP contribution in [0.15, 0.2) is 77.4 Å². The maximum atomic E-state index is 13.5. The summed E-state index contributed by atoms with van der Waals surface area (Å²) in [6.07, 6.45) is 1.55. The van der Waals surface area contributed by atoms with E-state index in [9.17, 15) is 9.59 Å². The van der Waals surface area contributed by atoms with Gasteiger partial charge in [0.1, 0.15) is 12.3 Å². The zero-order valence-corrected chi connectivity index (χ0v) is 22.2. The van der Waals surface area contributed by atoms with Gasteiger partial charge < -0.3 is 28.6 Å². The van der Waals surface area contributed by atoms with E-state index in [1.807, 2.05) is 24.3 Å². The standard InChI is InChI=1S/C30H29N5O5/c1-21-4-6-22(7-5-21)25-9-11-28(32-31-25)33-12-14-34(15-13-33)29(36)19-35(18-24-3-2-16-38-24)30(37)23-8-10-26-27(17-23)40-20-39-26/h2-11,16-17H,12-15,18-20H2,1H3. The van der Waals surface area contributed by atoms with E-state index < -0.39 is 0 Å². The minimum Gasteiger partial charge on any atom is -0.467 e. The lowest BCUT2D eigenvalue weighted by Crippen LogP contribution is -2.52. The number of aryl methyl sites for hydroxylation is 1. The van der Waals surface area contributed by atoms with Gasteiger partial charge in [0.2, 0.25) is 12.7 Å². The Morgan fingerprint density at radius 3 is 2.42 bits per heavy atom. The second-order valence-electron chi connectivity index (χ2n) is 9.82. The first-order valence-corrected chi connectivity index (χ1v) is 13.2. The van der Waals surface area contributed by atoms with Crippen LogP contribution in [-0.2, 0) is 11.3 Å². The highest BCUT2D eigenvalue weighted by atomic mass is 16.7. The molecule has 0 aliphatic carbocycles. The summed E-state index contributed by atoms with van der Waals surface area (Å²) in [6, 6.07) is 20.7. The number of ether oxygens (including phenoxy) is 2. The van der Waals surface area contributed by atoms with Crippen molar-refractivity contribution in [2.45, 2.75) is 13.5 Å². The van der Waals surface area contributed by atoms with Gasteiger partial charge in [-0.15, -0.1) is 10.2 Å². The van der Waals surface area contributed by atoms with Crippen LogP contribution in [0.2, 0.25) is 0 Å². The summed E-state index contributed by atoms with van der Waals surface area (Å²) in [6.45, 7) is 4.57. The molecule has 10 nitrogen and oxygen atoms in total. The van der Waals surface area contributed by atoms with Crippen molar-refractivity contribution in [1.29, 1.82) is 0 Å². The average molecular weight is 540 g/mol. The first kappa shape index (κ1) is 25.4. The van der Waals surface area contributed by atoms with Crippen molar-refractivity contribution in [2.75, 3.05) is 44.4 Å². The number of hydrogen-bond acceptors (Lipinski definition) is 8.